The van der Waals surface area contributed by atoms with Crippen LogP contribution < -0.4 is 34.3 Å². The molecule has 14 rings (SSSR count). The summed E-state index contributed by atoms with van der Waals surface area (Å²) in [5, 5.41) is 4.69. The molecule has 0 bridgehead atoms. The molecule has 330 valence electrons. The first kappa shape index (κ1) is 39.5. The first-order chi connectivity index (χ1) is 33.9. The predicted molar refractivity (Wildman–Crippen MR) is 281 cm³/mol. The van der Waals surface area contributed by atoms with E-state index in [0.717, 1.165) is 72.3 Å². The Labute approximate surface area is 398 Å². The summed E-state index contributed by atoms with van der Waals surface area (Å²) in [6, 6.07) is 77.3. The summed E-state index contributed by atoms with van der Waals surface area (Å²) >= 11 is 0. The summed E-state index contributed by atoms with van der Waals surface area (Å²) in [5.74, 6) is 4.42. The smallest absolute Gasteiger partial charge is 0.454 e. The molecule has 0 atom stereocenters. The zero-order valence-corrected chi connectivity index (χ0v) is 39.7. The van der Waals surface area contributed by atoms with E-state index in [0.29, 0.717) is 23.0 Å². The van der Waals surface area contributed by atoms with Crippen molar-refractivity contribution in [2.24, 2.45) is 0 Å². The Morgan fingerprint density at radius 3 is 1.57 bits per heavy atom. The van der Waals surface area contributed by atoms with Gasteiger partial charge in [-0.3, -0.25) is 17.9 Å². The maximum atomic E-state index is 7.11. The van der Waals surface area contributed by atoms with Crippen LogP contribution in [-0.4, -0.2) is 44.5 Å². The number of nitrogens with zero attached hydrogens (tertiary/aromatic N) is 6. The Kier molecular flexibility index (Phi) is 8.55. The Hall–Kier alpha value is -8.65. The molecule has 0 radical (unpaired) electrons. The lowest BCUT2D eigenvalue weighted by Gasteiger charge is -2.37. The van der Waals surface area contributed by atoms with E-state index in [1.807, 2.05) is 36.4 Å². The van der Waals surface area contributed by atoms with Crippen LogP contribution in [-0.2, 0) is 0 Å². The zero-order valence-electron chi connectivity index (χ0n) is 37.7. The highest BCUT2D eigenvalue weighted by Gasteiger charge is 2.46. The zero-order chi connectivity index (χ0) is 45.8. The van der Waals surface area contributed by atoms with Crippen molar-refractivity contribution in [3.63, 3.8) is 0 Å². The highest BCUT2D eigenvalue weighted by Crippen LogP contribution is 2.41. The number of aromatic nitrogens is 6. The standard InChI is InChI=1S/C58H42N6O3Si2/c1-68(2)66-53-32-16-15-31-52(53)65-56-54(67-68)33-18-34-55(56)69(41-20-5-3-6-21-41,42-22-7-4-8-23-42)43-24-17-19-39(37-43)61-48-28-12-14-30-50(48)64-51-38-40(35-36-45(51)60-58(61)64)62-47-27-11-13-29-49(47)63-46-26-10-9-25-44(46)59-57(62)63/h3-38H,1-2H3. The molecule has 5 heterocycles. The quantitative estimate of drug-likeness (QED) is 0.123. The number of hydrogen-bond donors (Lipinski definition) is 0. The first-order valence-corrected chi connectivity index (χ1v) is 28.1. The van der Waals surface area contributed by atoms with Gasteiger partial charge in [-0.25, -0.2) is 9.97 Å². The van der Waals surface area contributed by atoms with E-state index in [1.165, 1.54) is 15.6 Å². The summed E-state index contributed by atoms with van der Waals surface area (Å²) in [5.41, 5.74) is 10.3. The lowest BCUT2D eigenvalue weighted by molar-refractivity contribution is 0.346. The van der Waals surface area contributed by atoms with Crippen LogP contribution in [0.15, 0.2) is 218 Å². The number of benzene rings is 9. The maximum Gasteiger partial charge on any atom is 0.454 e. The Morgan fingerprint density at radius 1 is 0.391 bits per heavy atom. The molecule has 0 saturated heterocycles. The second kappa shape index (κ2) is 14.9. The normalized spacial score (nSPS) is 13.5. The summed E-state index contributed by atoms with van der Waals surface area (Å²) in [4.78, 5) is 10.6. The van der Waals surface area contributed by atoms with Crippen LogP contribution >= 0.6 is 0 Å². The van der Waals surface area contributed by atoms with Crippen LogP contribution in [0.3, 0.4) is 0 Å². The van der Waals surface area contributed by atoms with E-state index >= 15 is 0 Å². The largest absolute Gasteiger partial charge is 0.509 e. The van der Waals surface area contributed by atoms with Gasteiger partial charge >= 0.3 is 8.56 Å². The average molecular weight is 927 g/mol. The van der Waals surface area contributed by atoms with Crippen molar-refractivity contribution in [3.8, 4) is 34.4 Å². The molecule has 0 fully saturated rings. The molecule has 0 saturated carbocycles. The van der Waals surface area contributed by atoms with Crippen LogP contribution in [0.1, 0.15) is 0 Å². The lowest BCUT2D eigenvalue weighted by atomic mass is 10.2. The van der Waals surface area contributed by atoms with Gasteiger partial charge < -0.3 is 13.6 Å². The summed E-state index contributed by atoms with van der Waals surface area (Å²) < 4.78 is 29.7. The topological polar surface area (TPSA) is 72.2 Å². The fourth-order valence-electron chi connectivity index (χ4n) is 10.9. The van der Waals surface area contributed by atoms with E-state index in [9.17, 15) is 0 Å². The Balaban J connectivity index is 1.02. The molecule has 69 heavy (non-hydrogen) atoms. The van der Waals surface area contributed by atoms with Crippen molar-refractivity contribution in [2.75, 3.05) is 0 Å². The van der Waals surface area contributed by atoms with E-state index in [4.69, 9.17) is 23.6 Å². The molecular weight excluding hydrogens is 885 g/mol. The maximum absolute atomic E-state index is 7.11. The predicted octanol–water partition coefficient (Wildman–Crippen LogP) is 10.8. The number of imidazole rings is 4. The van der Waals surface area contributed by atoms with Crippen molar-refractivity contribution in [1.82, 2.24) is 27.9 Å². The minimum atomic E-state index is -3.27. The fraction of sp³-hybridized carbons (Fsp3) is 0.0345. The third kappa shape index (κ3) is 5.87. The number of ether oxygens (including phenoxy) is 1. The summed E-state index contributed by atoms with van der Waals surface area (Å²) in [6.45, 7) is 4.16. The van der Waals surface area contributed by atoms with Crippen LogP contribution in [0, 0.1) is 0 Å². The molecule has 0 spiro atoms. The Bertz CT molecular complexity index is 4140. The molecule has 9 nitrogen and oxygen atoms in total. The number of rotatable bonds is 6. The molecule has 9 aromatic carbocycles. The van der Waals surface area contributed by atoms with E-state index < -0.39 is 16.6 Å². The van der Waals surface area contributed by atoms with Gasteiger partial charge in [0, 0.05) is 24.0 Å². The van der Waals surface area contributed by atoms with Gasteiger partial charge in [0.15, 0.2) is 19.6 Å². The van der Waals surface area contributed by atoms with Gasteiger partial charge in [0.2, 0.25) is 11.6 Å². The van der Waals surface area contributed by atoms with E-state index in [-0.39, 0.29) is 0 Å². The van der Waals surface area contributed by atoms with Gasteiger partial charge in [0.1, 0.15) is 11.5 Å². The van der Waals surface area contributed by atoms with Crippen LogP contribution in [0.25, 0.3) is 67.1 Å². The van der Waals surface area contributed by atoms with Crippen LogP contribution in [0.2, 0.25) is 13.1 Å². The molecule has 0 N–H and O–H groups in total. The highest BCUT2D eigenvalue weighted by molar-refractivity contribution is 7.20. The van der Waals surface area contributed by atoms with E-state index in [1.54, 1.807) is 0 Å². The van der Waals surface area contributed by atoms with Crippen molar-refractivity contribution in [2.45, 2.75) is 13.1 Å². The summed E-state index contributed by atoms with van der Waals surface area (Å²) in [7, 11) is -6.02. The van der Waals surface area contributed by atoms with Crippen molar-refractivity contribution in [3.05, 3.63) is 218 Å². The number of hydrogen-bond acceptors (Lipinski definition) is 5. The van der Waals surface area contributed by atoms with E-state index in [2.05, 4.69) is 213 Å². The molecule has 0 unspecified atom stereocenters. The molecule has 13 aromatic rings. The molecule has 11 heteroatoms. The minimum absolute atomic E-state index is 0.663. The molecule has 4 aromatic heterocycles. The SMILES string of the molecule is C[Si]1(C)Oc2ccccc2Oc2c(cccc2[Si](c2ccccc2)(c2ccccc2)c2cccc(-n3c4ccccc4n4c5cc(-n6c7ccccc7n7c8ccccc8nc67)ccc5nc34)c2)O1. The molecule has 1 aliphatic rings. The van der Waals surface area contributed by atoms with Crippen LogP contribution in [0.4, 0.5) is 0 Å². The summed E-state index contributed by atoms with van der Waals surface area (Å²) in [6.07, 6.45) is 0. The fourth-order valence-corrected chi connectivity index (χ4v) is 17.2. The second-order valence-electron chi connectivity index (χ2n) is 18.1. The third-order valence-corrected chi connectivity index (χ3v) is 19.9. The van der Waals surface area contributed by atoms with Gasteiger partial charge in [-0.2, -0.15) is 0 Å². The average Bonchev–Trinajstić information content (AvgIpc) is 4.12. The van der Waals surface area contributed by atoms with Gasteiger partial charge in [-0.05, 0) is 100 Å². The second-order valence-corrected chi connectivity index (χ2v) is 25.1. The Morgan fingerprint density at radius 2 is 0.884 bits per heavy atom. The molecule has 0 amide bonds. The van der Waals surface area contributed by atoms with Crippen molar-refractivity contribution >= 4 is 93.1 Å². The van der Waals surface area contributed by atoms with Crippen molar-refractivity contribution < 1.29 is 13.6 Å². The first-order valence-electron chi connectivity index (χ1n) is 23.2. The molecule has 0 aliphatic carbocycles. The van der Waals surface area contributed by atoms with Crippen molar-refractivity contribution in [1.29, 1.82) is 0 Å². The molecule has 1 aliphatic heterocycles. The molecular formula is C58H42N6O3Si2. The van der Waals surface area contributed by atoms with Gasteiger partial charge in [0.25, 0.3) is 0 Å². The minimum Gasteiger partial charge on any atom is -0.509 e. The monoisotopic (exact) mass is 926 g/mol. The van der Waals surface area contributed by atoms with Gasteiger partial charge in [-0.15, -0.1) is 0 Å². The number of para-hydroxylation sites is 9. The van der Waals surface area contributed by atoms with Gasteiger partial charge in [0.05, 0.1) is 49.8 Å². The van der Waals surface area contributed by atoms with Crippen LogP contribution in [0.5, 0.6) is 23.0 Å². The third-order valence-electron chi connectivity index (χ3n) is 13.7. The number of fused-ring (bicyclic) bond motifs is 12. The highest BCUT2D eigenvalue weighted by atomic mass is 28.4. The van der Waals surface area contributed by atoms with Gasteiger partial charge in [-0.1, -0.05) is 133 Å². The lowest BCUT2D eigenvalue weighted by Crippen LogP contribution is -2.75.